The van der Waals surface area contributed by atoms with Gasteiger partial charge in [0.15, 0.2) is 0 Å². The summed E-state index contributed by atoms with van der Waals surface area (Å²) in [6, 6.07) is 3.47. The summed E-state index contributed by atoms with van der Waals surface area (Å²) in [5.41, 5.74) is 0. The second-order valence-corrected chi connectivity index (χ2v) is 3.16. The fourth-order valence-electron chi connectivity index (χ4n) is 1.17. The van der Waals surface area contributed by atoms with Gasteiger partial charge in [-0.2, -0.15) is 0 Å². The number of furan rings is 1. The third kappa shape index (κ3) is 3.84. The average Bonchev–Trinajstić information content (AvgIpc) is 2.63. The number of carbonyl (C=O) groups is 2. The van der Waals surface area contributed by atoms with E-state index in [0.29, 0.717) is 12.3 Å². The van der Waals surface area contributed by atoms with Crippen LogP contribution in [0.3, 0.4) is 0 Å². The molecule has 1 rings (SSSR count). The molecular formula is C10H13NO4. The Morgan fingerprint density at radius 3 is 2.73 bits per heavy atom. The first-order valence-corrected chi connectivity index (χ1v) is 4.59. The van der Waals surface area contributed by atoms with Crippen LogP contribution >= 0.6 is 0 Å². The molecule has 1 aromatic rings. The third-order valence-electron chi connectivity index (χ3n) is 1.97. The van der Waals surface area contributed by atoms with E-state index in [4.69, 9.17) is 9.52 Å². The van der Waals surface area contributed by atoms with E-state index in [-0.39, 0.29) is 18.9 Å². The summed E-state index contributed by atoms with van der Waals surface area (Å²) < 4.78 is 5.08. The highest BCUT2D eigenvalue weighted by atomic mass is 16.4. The van der Waals surface area contributed by atoms with Crippen molar-refractivity contribution in [1.29, 1.82) is 0 Å². The number of carbonyl (C=O) groups excluding carboxylic acids is 1. The molecule has 0 saturated heterocycles. The normalized spacial score (nSPS) is 9.93. The molecule has 1 amide bonds. The zero-order chi connectivity index (χ0) is 11.3. The summed E-state index contributed by atoms with van der Waals surface area (Å²) in [5.74, 6) is -0.427. The second-order valence-electron chi connectivity index (χ2n) is 3.16. The van der Waals surface area contributed by atoms with E-state index in [2.05, 4.69) is 0 Å². The van der Waals surface area contributed by atoms with Crippen LogP contribution in [-0.2, 0) is 16.1 Å². The predicted molar refractivity (Wildman–Crippen MR) is 52.1 cm³/mol. The molecule has 1 aromatic heterocycles. The van der Waals surface area contributed by atoms with Crippen LogP contribution in [0.1, 0.15) is 19.1 Å². The molecule has 5 nitrogen and oxygen atoms in total. The Bertz CT molecular complexity index is 331. The van der Waals surface area contributed by atoms with Crippen LogP contribution in [-0.4, -0.2) is 28.4 Å². The molecule has 1 N–H and O–H groups in total. The van der Waals surface area contributed by atoms with Crippen LogP contribution in [0.25, 0.3) is 0 Å². The highest BCUT2D eigenvalue weighted by Gasteiger charge is 2.12. The number of rotatable bonds is 5. The van der Waals surface area contributed by atoms with Crippen LogP contribution < -0.4 is 0 Å². The molecule has 15 heavy (non-hydrogen) atoms. The van der Waals surface area contributed by atoms with Gasteiger partial charge in [0.2, 0.25) is 5.91 Å². The summed E-state index contributed by atoms with van der Waals surface area (Å²) in [4.78, 5) is 23.0. The smallest absolute Gasteiger partial charge is 0.305 e. The van der Waals surface area contributed by atoms with Gasteiger partial charge in [-0.15, -0.1) is 0 Å². The number of nitrogens with zero attached hydrogens (tertiary/aromatic N) is 1. The lowest BCUT2D eigenvalue weighted by Gasteiger charge is -2.18. The Morgan fingerprint density at radius 1 is 1.53 bits per heavy atom. The first-order chi connectivity index (χ1) is 7.09. The molecule has 0 aliphatic heterocycles. The minimum absolute atomic E-state index is 0.0553. The molecule has 5 heteroatoms. The van der Waals surface area contributed by atoms with Gasteiger partial charge >= 0.3 is 5.97 Å². The second kappa shape index (κ2) is 5.19. The van der Waals surface area contributed by atoms with Crippen LogP contribution in [0.2, 0.25) is 0 Å². The van der Waals surface area contributed by atoms with Crippen molar-refractivity contribution in [2.75, 3.05) is 6.54 Å². The van der Waals surface area contributed by atoms with Crippen molar-refractivity contribution in [2.45, 2.75) is 19.9 Å². The standard InChI is InChI=1S/C10H13NO4/c1-8(12)11(5-4-10(13)14)7-9-3-2-6-15-9/h2-3,6H,4-5,7H2,1H3,(H,13,14). The van der Waals surface area contributed by atoms with Gasteiger partial charge in [0.1, 0.15) is 5.76 Å². The molecule has 0 fully saturated rings. The van der Waals surface area contributed by atoms with E-state index >= 15 is 0 Å². The number of amides is 1. The summed E-state index contributed by atoms with van der Waals surface area (Å²) >= 11 is 0. The van der Waals surface area contributed by atoms with Gasteiger partial charge in [0.25, 0.3) is 0 Å². The summed E-state index contributed by atoms with van der Waals surface area (Å²) in [6.45, 7) is 1.92. The zero-order valence-electron chi connectivity index (χ0n) is 8.47. The maximum Gasteiger partial charge on any atom is 0.305 e. The molecule has 0 atom stereocenters. The number of carboxylic acid groups (broad SMARTS) is 1. The first-order valence-electron chi connectivity index (χ1n) is 4.59. The van der Waals surface area contributed by atoms with Crippen molar-refractivity contribution in [3.8, 4) is 0 Å². The van der Waals surface area contributed by atoms with E-state index in [1.165, 1.54) is 18.1 Å². The van der Waals surface area contributed by atoms with Gasteiger partial charge in [-0.25, -0.2) is 0 Å². The molecule has 0 bridgehead atoms. The van der Waals surface area contributed by atoms with Crippen LogP contribution in [0.4, 0.5) is 0 Å². The Labute approximate surface area is 87.3 Å². The monoisotopic (exact) mass is 211 g/mol. The Morgan fingerprint density at radius 2 is 2.27 bits per heavy atom. The van der Waals surface area contributed by atoms with Crippen molar-refractivity contribution >= 4 is 11.9 Å². The lowest BCUT2D eigenvalue weighted by atomic mass is 10.3. The van der Waals surface area contributed by atoms with Gasteiger partial charge in [-0.3, -0.25) is 9.59 Å². The Hall–Kier alpha value is -1.78. The zero-order valence-corrected chi connectivity index (χ0v) is 8.47. The van der Waals surface area contributed by atoms with E-state index in [1.54, 1.807) is 12.1 Å². The SMILES string of the molecule is CC(=O)N(CCC(=O)O)Cc1ccco1. The summed E-state index contributed by atoms with van der Waals surface area (Å²) in [7, 11) is 0. The highest BCUT2D eigenvalue weighted by Crippen LogP contribution is 2.06. The molecule has 0 aliphatic rings. The Kier molecular flexibility index (Phi) is 3.91. The molecule has 0 saturated carbocycles. The van der Waals surface area contributed by atoms with Gasteiger partial charge in [-0.05, 0) is 12.1 Å². The lowest BCUT2D eigenvalue weighted by molar-refractivity contribution is -0.138. The summed E-state index contributed by atoms with van der Waals surface area (Å²) in [6.07, 6.45) is 1.46. The van der Waals surface area contributed by atoms with Crippen molar-refractivity contribution < 1.29 is 19.1 Å². The fourth-order valence-corrected chi connectivity index (χ4v) is 1.17. The van der Waals surface area contributed by atoms with Crippen LogP contribution in [0.15, 0.2) is 22.8 Å². The summed E-state index contributed by atoms with van der Waals surface area (Å²) in [5, 5.41) is 8.51. The number of hydrogen-bond acceptors (Lipinski definition) is 3. The van der Waals surface area contributed by atoms with Crippen molar-refractivity contribution in [3.63, 3.8) is 0 Å². The van der Waals surface area contributed by atoms with Gasteiger partial charge in [0, 0.05) is 13.5 Å². The lowest BCUT2D eigenvalue weighted by Crippen LogP contribution is -2.30. The molecule has 0 radical (unpaired) electrons. The molecular weight excluding hydrogens is 198 g/mol. The largest absolute Gasteiger partial charge is 0.481 e. The van der Waals surface area contributed by atoms with Crippen molar-refractivity contribution in [1.82, 2.24) is 4.90 Å². The Balaban J connectivity index is 2.51. The topological polar surface area (TPSA) is 70.8 Å². The van der Waals surface area contributed by atoms with Gasteiger partial charge in [0.05, 0.1) is 19.2 Å². The van der Waals surface area contributed by atoms with Crippen LogP contribution in [0, 0.1) is 0 Å². The maximum atomic E-state index is 11.2. The number of hydrogen-bond donors (Lipinski definition) is 1. The van der Waals surface area contributed by atoms with E-state index < -0.39 is 5.97 Å². The van der Waals surface area contributed by atoms with Crippen LogP contribution in [0.5, 0.6) is 0 Å². The number of carboxylic acids is 1. The third-order valence-corrected chi connectivity index (χ3v) is 1.97. The predicted octanol–water partition coefficient (Wildman–Crippen LogP) is 1.10. The molecule has 0 aromatic carbocycles. The van der Waals surface area contributed by atoms with E-state index in [1.807, 2.05) is 0 Å². The van der Waals surface area contributed by atoms with Gasteiger partial charge in [-0.1, -0.05) is 0 Å². The first kappa shape index (κ1) is 11.3. The molecule has 0 aliphatic carbocycles. The maximum absolute atomic E-state index is 11.2. The average molecular weight is 211 g/mol. The molecule has 0 spiro atoms. The quantitative estimate of drug-likeness (QED) is 0.791. The minimum atomic E-state index is -0.916. The minimum Gasteiger partial charge on any atom is -0.481 e. The highest BCUT2D eigenvalue weighted by molar-refractivity contribution is 5.74. The molecule has 1 heterocycles. The van der Waals surface area contributed by atoms with E-state index in [9.17, 15) is 9.59 Å². The number of aliphatic carboxylic acids is 1. The van der Waals surface area contributed by atoms with Gasteiger partial charge < -0.3 is 14.4 Å². The molecule has 82 valence electrons. The fraction of sp³-hybridized carbons (Fsp3) is 0.400. The molecule has 0 unspecified atom stereocenters. The van der Waals surface area contributed by atoms with E-state index in [0.717, 1.165) is 0 Å². The van der Waals surface area contributed by atoms with Crippen molar-refractivity contribution in [3.05, 3.63) is 24.2 Å². The van der Waals surface area contributed by atoms with Crippen molar-refractivity contribution in [2.24, 2.45) is 0 Å².